The van der Waals surface area contributed by atoms with E-state index in [-0.39, 0.29) is 11.6 Å². The lowest BCUT2D eigenvalue weighted by molar-refractivity contribution is 0.0649. The maximum Gasteiger partial charge on any atom is 0.0951 e. The van der Waals surface area contributed by atoms with Crippen molar-refractivity contribution >= 4 is 0 Å². The second-order valence-corrected chi connectivity index (χ2v) is 5.26. The van der Waals surface area contributed by atoms with Gasteiger partial charge in [-0.15, -0.1) is 0 Å². The van der Waals surface area contributed by atoms with Crippen LogP contribution in [-0.2, 0) is 4.74 Å². The minimum Gasteiger partial charge on any atom is -0.372 e. The smallest absolute Gasteiger partial charge is 0.0951 e. The van der Waals surface area contributed by atoms with Gasteiger partial charge in [0.25, 0.3) is 0 Å². The fraction of sp³-hybridized carbons (Fsp3) is 0.600. The molecule has 0 aliphatic carbocycles. The molecule has 94 valence electrons. The zero-order valence-electron chi connectivity index (χ0n) is 11.1. The Morgan fingerprint density at radius 1 is 1.41 bits per heavy atom. The van der Waals surface area contributed by atoms with Crippen molar-refractivity contribution in [3.8, 4) is 0 Å². The van der Waals surface area contributed by atoms with Crippen molar-refractivity contribution in [3.05, 3.63) is 35.4 Å². The van der Waals surface area contributed by atoms with E-state index in [1.165, 1.54) is 11.1 Å². The lowest BCUT2D eigenvalue weighted by Gasteiger charge is -2.27. The van der Waals surface area contributed by atoms with E-state index in [2.05, 4.69) is 50.4 Å². The van der Waals surface area contributed by atoms with Crippen LogP contribution in [0.3, 0.4) is 0 Å². The topological polar surface area (TPSA) is 21.3 Å². The Balaban J connectivity index is 2.12. The molecule has 0 spiro atoms. The lowest BCUT2D eigenvalue weighted by Crippen LogP contribution is -2.42. The van der Waals surface area contributed by atoms with Gasteiger partial charge in [-0.1, -0.05) is 31.2 Å². The summed E-state index contributed by atoms with van der Waals surface area (Å²) in [5.41, 5.74) is 2.87. The predicted octanol–water partition coefficient (Wildman–Crippen LogP) is 3.21. The van der Waals surface area contributed by atoms with Crippen LogP contribution in [-0.4, -0.2) is 18.7 Å². The standard InChI is InChI=1S/C15H23NO/c1-4-15(3)9-10-17-14(11-16-15)13-8-6-5-7-12(13)2/h5-8,14,16H,4,9-11H2,1-3H3. The summed E-state index contributed by atoms with van der Waals surface area (Å²) in [6.45, 7) is 8.44. The average molecular weight is 233 g/mol. The zero-order chi connectivity index (χ0) is 12.3. The van der Waals surface area contributed by atoms with E-state index in [1.807, 2.05) is 0 Å². The number of aryl methyl sites for hydroxylation is 1. The van der Waals surface area contributed by atoms with Crippen molar-refractivity contribution in [3.63, 3.8) is 0 Å². The molecule has 0 bridgehead atoms. The van der Waals surface area contributed by atoms with Crippen molar-refractivity contribution in [1.29, 1.82) is 0 Å². The van der Waals surface area contributed by atoms with Gasteiger partial charge in [0.15, 0.2) is 0 Å². The zero-order valence-corrected chi connectivity index (χ0v) is 11.1. The maximum absolute atomic E-state index is 6.00. The Hall–Kier alpha value is -0.860. The first-order valence-corrected chi connectivity index (χ1v) is 6.57. The molecule has 0 aromatic heterocycles. The number of nitrogens with one attached hydrogen (secondary N) is 1. The first kappa shape index (κ1) is 12.6. The summed E-state index contributed by atoms with van der Waals surface area (Å²) in [5, 5.41) is 3.66. The summed E-state index contributed by atoms with van der Waals surface area (Å²) < 4.78 is 6.00. The molecule has 2 heteroatoms. The molecule has 1 heterocycles. The second kappa shape index (κ2) is 5.19. The molecule has 1 fully saturated rings. The molecule has 2 unspecified atom stereocenters. The van der Waals surface area contributed by atoms with E-state index >= 15 is 0 Å². The van der Waals surface area contributed by atoms with Crippen LogP contribution in [0.25, 0.3) is 0 Å². The highest BCUT2D eigenvalue weighted by atomic mass is 16.5. The van der Waals surface area contributed by atoms with Gasteiger partial charge in [-0.25, -0.2) is 0 Å². The van der Waals surface area contributed by atoms with Gasteiger partial charge in [0.1, 0.15) is 0 Å². The summed E-state index contributed by atoms with van der Waals surface area (Å²) in [7, 11) is 0. The van der Waals surface area contributed by atoms with E-state index in [0.29, 0.717) is 0 Å². The Morgan fingerprint density at radius 3 is 2.88 bits per heavy atom. The molecule has 0 saturated carbocycles. The minimum absolute atomic E-state index is 0.199. The van der Waals surface area contributed by atoms with Crippen molar-refractivity contribution in [2.24, 2.45) is 0 Å². The van der Waals surface area contributed by atoms with Gasteiger partial charge in [0, 0.05) is 18.7 Å². The number of rotatable bonds is 2. The molecule has 0 radical (unpaired) electrons. The maximum atomic E-state index is 6.00. The van der Waals surface area contributed by atoms with Crippen LogP contribution in [0.2, 0.25) is 0 Å². The number of benzene rings is 1. The summed E-state index contributed by atoms with van der Waals surface area (Å²) in [4.78, 5) is 0. The monoisotopic (exact) mass is 233 g/mol. The number of hydrogen-bond donors (Lipinski definition) is 1. The summed E-state index contributed by atoms with van der Waals surface area (Å²) in [6.07, 6.45) is 2.44. The molecule has 1 aromatic rings. The SMILES string of the molecule is CCC1(C)CCOC(c2ccccc2C)CN1. The molecule has 1 aromatic carbocycles. The van der Waals surface area contributed by atoms with E-state index < -0.39 is 0 Å². The highest BCUT2D eigenvalue weighted by Gasteiger charge is 2.27. The van der Waals surface area contributed by atoms with Crippen LogP contribution < -0.4 is 5.32 Å². The molecular formula is C15H23NO. The third-order valence-corrected chi connectivity index (χ3v) is 4.00. The third kappa shape index (κ3) is 2.88. The number of hydrogen-bond acceptors (Lipinski definition) is 2. The van der Waals surface area contributed by atoms with Gasteiger partial charge in [-0.05, 0) is 37.8 Å². The van der Waals surface area contributed by atoms with E-state index in [4.69, 9.17) is 4.74 Å². The molecule has 0 amide bonds. The molecule has 1 saturated heterocycles. The molecule has 1 aliphatic rings. The van der Waals surface area contributed by atoms with Crippen LogP contribution in [0.5, 0.6) is 0 Å². The predicted molar refractivity (Wildman–Crippen MR) is 71.2 cm³/mol. The first-order valence-electron chi connectivity index (χ1n) is 6.57. The van der Waals surface area contributed by atoms with Gasteiger partial charge in [0.05, 0.1) is 6.10 Å². The van der Waals surface area contributed by atoms with Crippen LogP contribution in [0.4, 0.5) is 0 Å². The van der Waals surface area contributed by atoms with E-state index in [1.54, 1.807) is 0 Å². The normalized spacial score (nSPS) is 29.9. The summed E-state index contributed by atoms with van der Waals surface area (Å²) in [5.74, 6) is 0. The molecule has 2 rings (SSSR count). The number of ether oxygens (including phenoxy) is 1. The van der Waals surface area contributed by atoms with Crippen molar-refractivity contribution in [2.75, 3.05) is 13.2 Å². The van der Waals surface area contributed by atoms with Crippen molar-refractivity contribution < 1.29 is 4.74 Å². The van der Waals surface area contributed by atoms with Crippen LogP contribution in [0.1, 0.15) is 43.9 Å². The third-order valence-electron chi connectivity index (χ3n) is 4.00. The minimum atomic E-state index is 0.199. The average Bonchev–Trinajstić information content (AvgIpc) is 2.53. The Labute approximate surface area is 104 Å². The molecule has 17 heavy (non-hydrogen) atoms. The molecule has 2 atom stereocenters. The molecule has 1 aliphatic heterocycles. The Kier molecular flexibility index (Phi) is 3.85. The van der Waals surface area contributed by atoms with Gasteiger partial charge in [0.2, 0.25) is 0 Å². The molecule has 1 N–H and O–H groups in total. The van der Waals surface area contributed by atoms with Gasteiger partial charge >= 0.3 is 0 Å². The molecule has 2 nitrogen and oxygen atoms in total. The fourth-order valence-corrected chi connectivity index (χ4v) is 2.36. The van der Waals surface area contributed by atoms with Crippen LogP contribution >= 0.6 is 0 Å². The first-order chi connectivity index (χ1) is 8.14. The summed E-state index contributed by atoms with van der Waals surface area (Å²) in [6, 6.07) is 8.51. The van der Waals surface area contributed by atoms with Crippen LogP contribution in [0, 0.1) is 6.92 Å². The van der Waals surface area contributed by atoms with E-state index in [0.717, 1.165) is 26.0 Å². The van der Waals surface area contributed by atoms with Gasteiger partial charge in [-0.2, -0.15) is 0 Å². The highest BCUT2D eigenvalue weighted by molar-refractivity contribution is 5.28. The van der Waals surface area contributed by atoms with Crippen molar-refractivity contribution in [1.82, 2.24) is 5.32 Å². The molecular weight excluding hydrogens is 210 g/mol. The quantitative estimate of drug-likeness (QED) is 0.847. The van der Waals surface area contributed by atoms with Gasteiger partial charge < -0.3 is 10.1 Å². The highest BCUT2D eigenvalue weighted by Crippen LogP contribution is 2.26. The largest absolute Gasteiger partial charge is 0.372 e. The Morgan fingerprint density at radius 2 is 2.18 bits per heavy atom. The van der Waals surface area contributed by atoms with Crippen LogP contribution in [0.15, 0.2) is 24.3 Å². The van der Waals surface area contributed by atoms with Gasteiger partial charge in [-0.3, -0.25) is 0 Å². The fourth-order valence-electron chi connectivity index (χ4n) is 2.36. The van der Waals surface area contributed by atoms with Crippen molar-refractivity contribution in [2.45, 2.75) is 45.3 Å². The Bertz CT molecular complexity index is 377. The second-order valence-electron chi connectivity index (χ2n) is 5.26. The van der Waals surface area contributed by atoms with E-state index in [9.17, 15) is 0 Å². The summed E-state index contributed by atoms with van der Waals surface area (Å²) >= 11 is 0. The lowest BCUT2D eigenvalue weighted by atomic mass is 9.95.